The first-order valence-corrected chi connectivity index (χ1v) is 5.62. The Balaban J connectivity index is 2.28. The van der Waals surface area contributed by atoms with E-state index in [1.807, 2.05) is 0 Å². The molecule has 1 aliphatic rings. The summed E-state index contributed by atoms with van der Waals surface area (Å²) >= 11 is 0. The summed E-state index contributed by atoms with van der Waals surface area (Å²) in [7, 11) is 0. The number of anilines is 1. The lowest BCUT2D eigenvalue weighted by Crippen LogP contribution is -2.21. The normalized spacial score (nSPS) is 19.7. The fraction of sp³-hybridized carbons (Fsp3) is 0.286. The maximum Gasteiger partial charge on any atom is 0.0454 e. The number of aryl methyl sites for hydroxylation is 1. The molecule has 0 aliphatic carbocycles. The van der Waals surface area contributed by atoms with Crippen LogP contribution < -0.4 is 5.32 Å². The van der Waals surface area contributed by atoms with Gasteiger partial charge in [-0.2, -0.15) is 0 Å². The number of benzene rings is 2. The van der Waals surface area contributed by atoms with Gasteiger partial charge >= 0.3 is 0 Å². The minimum Gasteiger partial charge on any atom is -0.382 e. The molecular weight excluding hydrogens is 182 g/mol. The minimum absolute atomic E-state index is 0.600. The molecule has 1 aliphatic heterocycles. The van der Waals surface area contributed by atoms with Crippen molar-refractivity contribution in [1.29, 1.82) is 0 Å². The van der Waals surface area contributed by atoms with Crippen LogP contribution in [-0.4, -0.2) is 6.04 Å². The van der Waals surface area contributed by atoms with Gasteiger partial charge in [-0.25, -0.2) is 0 Å². The van der Waals surface area contributed by atoms with E-state index < -0.39 is 0 Å². The van der Waals surface area contributed by atoms with Gasteiger partial charge in [-0.1, -0.05) is 36.4 Å². The van der Waals surface area contributed by atoms with E-state index in [-0.39, 0.29) is 0 Å². The van der Waals surface area contributed by atoms with Gasteiger partial charge in [0.05, 0.1) is 0 Å². The van der Waals surface area contributed by atoms with Gasteiger partial charge < -0.3 is 5.32 Å². The Hall–Kier alpha value is -1.50. The van der Waals surface area contributed by atoms with Crippen LogP contribution in [0, 0.1) is 0 Å². The molecule has 76 valence electrons. The molecule has 15 heavy (non-hydrogen) atoms. The van der Waals surface area contributed by atoms with E-state index in [0.29, 0.717) is 6.04 Å². The molecule has 2 aromatic rings. The van der Waals surface area contributed by atoms with Gasteiger partial charge in [0.1, 0.15) is 0 Å². The third-order valence-corrected chi connectivity index (χ3v) is 3.25. The van der Waals surface area contributed by atoms with Gasteiger partial charge in [-0.05, 0) is 30.7 Å². The van der Waals surface area contributed by atoms with Crippen molar-refractivity contribution >= 4 is 16.5 Å². The van der Waals surface area contributed by atoms with Crippen LogP contribution in [0.25, 0.3) is 10.8 Å². The topological polar surface area (TPSA) is 12.0 Å². The van der Waals surface area contributed by atoms with E-state index in [1.54, 1.807) is 0 Å². The quantitative estimate of drug-likeness (QED) is 0.680. The number of rotatable bonds is 0. The second-order valence-corrected chi connectivity index (χ2v) is 4.40. The van der Waals surface area contributed by atoms with Crippen LogP contribution in [0.2, 0.25) is 0 Å². The number of nitrogens with one attached hydrogen (secondary N) is 1. The molecule has 1 heterocycles. The monoisotopic (exact) mass is 197 g/mol. The van der Waals surface area contributed by atoms with Crippen molar-refractivity contribution in [1.82, 2.24) is 0 Å². The molecule has 0 spiro atoms. The Bertz CT molecular complexity index is 502. The predicted octanol–water partition coefficient (Wildman–Crippen LogP) is 3.59. The minimum atomic E-state index is 0.600. The number of fused-ring (bicyclic) bond motifs is 3. The van der Waals surface area contributed by atoms with Crippen molar-refractivity contribution in [3.8, 4) is 0 Å². The van der Waals surface area contributed by atoms with Crippen LogP contribution >= 0.6 is 0 Å². The van der Waals surface area contributed by atoms with Gasteiger partial charge in [0, 0.05) is 17.1 Å². The second kappa shape index (κ2) is 3.27. The molecule has 2 aromatic carbocycles. The SMILES string of the molecule is CC1CCc2ccc3ccccc3c2N1. The van der Waals surface area contributed by atoms with E-state index in [0.717, 1.165) is 0 Å². The molecule has 0 fully saturated rings. The van der Waals surface area contributed by atoms with Crippen LogP contribution in [0.1, 0.15) is 18.9 Å². The average molecular weight is 197 g/mol. The lowest BCUT2D eigenvalue weighted by Gasteiger charge is -2.25. The van der Waals surface area contributed by atoms with E-state index in [2.05, 4.69) is 48.6 Å². The largest absolute Gasteiger partial charge is 0.382 e. The maximum absolute atomic E-state index is 3.60. The van der Waals surface area contributed by atoms with Crippen LogP contribution in [0.3, 0.4) is 0 Å². The number of hydrogen-bond acceptors (Lipinski definition) is 1. The predicted molar refractivity (Wildman–Crippen MR) is 65.4 cm³/mol. The van der Waals surface area contributed by atoms with Crippen molar-refractivity contribution in [2.24, 2.45) is 0 Å². The Morgan fingerprint density at radius 2 is 2.00 bits per heavy atom. The smallest absolute Gasteiger partial charge is 0.0454 e. The average Bonchev–Trinajstić information content (AvgIpc) is 2.29. The molecule has 0 amide bonds. The molecule has 3 rings (SSSR count). The first-order valence-electron chi connectivity index (χ1n) is 5.62. The highest BCUT2D eigenvalue weighted by atomic mass is 14.9. The summed E-state index contributed by atoms with van der Waals surface area (Å²) in [5.74, 6) is 0. The van der Waals surface area contributed by atoms with Crippen molar-refractivity contribution < 1.29 is 0 Å². The second-order valence-electron chi connectivity index (χ2n) is 4.40. The summed E-state index contributed by atoms with van der Waals surface area (Å²) in [6, 6.07) is 13.7. The number of hydrogen-bond donors (Lipinski definition) is 1. The first kappa shape index (κ1) is 8.78. The van der Waals surface area contributed by atoms with Gasteiger partial charge in [0.2, 0.25) is 0 Å². The molecule has 0 saturated carbocycles. The highest BCUT2D eigenvalue weighted by molar-refractivity contribution is 5.95. The van der Waals surface area contributed by atoms with Crippen molar-refractivity contribution in [2.75, 3.05) is 5.32 Å². The van der Waals surface area contributed by atoms with Gasteiger partial charge in [-0.15, -0.1) is 0 Å². The summed E-state index contributed by atoms with van der Waals surface area (Å²) in [4.78, 5) is 0. The zero-order chi connectivity index (χ0) is 10.3. The van der Waals surface area contributed by atoms with Crippen LogP contribution in [0.4, 0.5) is 5.69 Å². The molecule has 0 radical (unpaired) electrons. The van der Waals surface area contributed by atoms with Gasteiger partial charge in [0.15, 0.2) is 0 Å². The van der Waals surface area contributed by atoms with E-state index in [1.165, 1.54) is 34.9 Å². The Kier molecular flexibility index (Phi) is 1.91. The zero-order valence-corrected chi connectivity index (χ0v) is 8.96. The lowest BCUT2D eigenvalue weighted by atomic mass is 9.95. The van der Waals surface area contributed by atoms with Gasteiger partial charge in [0.25, 0.3) is 0 Å². The summed E-state index contributed by atoms with van der Waals surface area (Å²) in [5, 5.41) is 6.30. The molecular formula is C14H15N. The fourth-order valence-corrected chi connectivity index (χ4v) is 2.39. The maximum atomic E-state index is 3.60. The third-order valence-electron chi connectivity index (χ3n) is 3.25. The van der Waals surface area contributed by atoms with Crippen molar-refractivity contribution in [2.45, 2.75) is 25.8 Å². The highest BCUT2D eigenvalue weighted by Crippen LogP contribution is 2.32. The summed E-state index contributed by atoms with van der Waals surface area (Å²) in [6.07, 6.45) is 2.44. The molecule has 0 saturated heterocycles. The highest BCUT2D eigenvalue weighted by Gasteiger charge is 2.15. The molecule has 1 atom stereocenters. The lowest BCUT2D eigenvalue weighted by molar-refractivity contribution is 0.683. The molecule has 0 bridgehead atoms. The van der Waals surface area contributed by atoms with Crippen LogP contribution in [0.15, 0.2) is 36.4 Å². The van der Waals surface area contributed by atoms with Crippen LogP contribution in [-0.2, 0) is 6.42 Å². The summed E-state index contributed by atoms with van der Waals surface area (Å²) in [6.45, 7) is 2.25. The summed E-state index contributed by atoms with van der Waals surface area (Å²) in [5.41, 5.74) is 2.82. The Morgan fingerprint density at radius 3 is 2.93 bits per heavy atom. The Labute approximate surface area is 90.1 Å². The molecule has 1 unspecified atom stereocenters. The van der Waals surface area contributed by atoms with E-state index in [9.17, 15) is 0 Å². The standard InChI is InChI=1S/C14H15N/c1-10-6-7-12-9-8-11-4-2-3-5-13(11)14(12)15-10/h2-5,8-10,15H,6-7H2,1H3. The fourth-order valence-electron chi connectivity index (χ4n) is 2.39. The van der Waals surface area contributed by atoms with Gasteiger partial charge in [-0.3, -0.25) is 0 Å². The molecule has 1 nitrogen and oxygen atoms in total. The van der Waals surface area contributed by atoms with Crippen molar-refractivity contribution in [3.05, 3.63) is 42.0 Å². The Morgan fingerprint density at radius 1 is 1.13 bits per heavy atom. The van der Waals surface area contributed by atoms with E-state index >= 15 is 0 Å². The first-order chi connectivity index (χ1) is 7.34. The van der Waals surface area contributed by atoms with Crippen molar-refractivity contribution in [3.63, 3.8) is 0 Å². The van der Waals surface area contributed by atoms with Crippen LogP contribution in [0.5, 0.6) is 0 Å². The third kappa shape index (κ3) is 1.39. The van der Waals surface area contributed by atoms with E-state index in [4.69, 9.17) is 0 Å². The molecule has 1 heteroatoms. The zero-order valence-electron chi connectivity index (χ0n) is 8.96. The summed E-state index contributed by atoms with van der Waals surface area (Å²) < 4.78 is 0. The molecule has 1 N–H and O–H groups in total. The molecule has 0 aromatic heterocycles.